The first kappa shape index (κ1) is 14.6. The molecule has 1 heterocycles. The summed E-state index contributed by atoms with van der Waals surface area (Å²) in [5, 5.41) is 7.58. The van der Waals surface area contributed by atoms with Gasteiger partial charge < -0.3 is 4.74 Å². The fourth-order valence-electron chi connectivity index (χ4n) is 1.68. The van der Waals surface area contributed by atoms with Crippen molar-refractivity contribution in [3.05, 3.63) is 35.7 Å². The van der Waals surface area contributed by atoms with Gasteiger partial charge in [0.1, 0.15) is 11.6 Å². The average molecular weight is 291 g/mol. The fourth-order valence-corrected chi connectivity index (χ4v) is 2.39. The molecular formula is C14H17N3O2S. The molecule has 20 heavy (non-hydrogen) atoms. The number of nitrogens with zero attached hydrogens (tertiary/aromatic N) is 2. The lowest BCUT2D eigenvalue weighted by atomic mass is 10.1. The second-order valence-electron chi connectivity index (χ2n) is 4.26. The Morgan fingerprint density at radius 2 is 2.10 bits per heavy atom. The van der Waals surface area contributed by atoms with Gasteiger partial charge in [-0.05, 0) is 30.7 Å². The molecule has 106 valence electrons. The molecule has 1 aromatic carbocycles. The molecule has 0 aliphatic carbocycles. The summed E-state index contributed by atoms with van der Waals surface area (Å²) >= 11 is 1.35. The lowest BCUT2D eigenvalue weighted by Gasteiger charge is -2.01. The van der Waals surface area contributed by atoms with E-state index < -0.39 is 0 Å². The number of carbonyl (C=O) groups excluding carboxylic acids is 1. The zero-order chi connectivity index (χ0) is 14.4. The van der Waals surface area contributed by atoms with Crippen molar-refractivity contribution in [1.29, 1.82) is 0 Å². The first-order valence-corrected chi connectivity index (χ1v) is 7.42. The molecule has 1 N–H and O–H groups in total. The predicted molar refractivity (Wildman–Crippen MR) is 78.4 cm³/mol. The molecule has 0 aliphatic heterocycles. The Kier molecular flexibility index (Phi) is 5.17. The summed E-state index contributed by atoms with van der Waals surface area (Å²) in [4.78, 5) is 16.3. The molecule has 6 heteroatoms. The third kappa shape index (κ3) is 3.84. The number of thioether (sulfide) groups is 1. The lowest BCUT2D eigenvalue weighted by molar-refractivity contribution is 0.102. The molecule has 0 aliphatic rings. The molecule has 0 saturated heterocycles. The molecule has 0 unspecified atom stereocenters. The van der Waals surface area contributed by atoms with Crippen molar-refractivity contribution in [2.24, 2.45) is 0 Å². The summed E-state index contributed by atoms with van der Waals surface area (Å²) in [5.41, 5.74) is 0.669. The number of ketones is 1. The minimum atomic E-state index is 0.0551. The number of carbonyl (C=O) groups is 1. The van der Waals surface area contributed by atoms with E-state index in [1.54, 1.807) is 31.4 Å². The van der Waals surface area contributed by atoms with E-state index in [9.17, 15) is 4.79 Å². The number of hydrogen-bond donors (Lipinski definition) is 1. The topological polar surface area (TPSA) is 67.9 Å². The van der Waals surface area contributed by atoms with Crippen LogP contribution >= 0.6 is 11.8 Å². The number of aromatic amines is 1. The number of nitrogens with one attached hydrogen (secondary N) is 1. The number of hydrogen-bond acceptors (Lipinski definition) is 5. The third-order valence-corrected chi connectivity index (χ3v) is 3.59. The van der Waals surface area contributed by atoms with Gasteiger partial charge in [-0.2, -0.15) is 0 Å². The van der Waals surface area contributed by atoms with Crippen LogP contribution in [0, 0.1) is 0 Å². The predicted octanol–water partition coefficient (Wildman–Crippen LogP) is 2.74. The van der Waals surface area contributed by atoms with E-state index in [0.29, 0.717) is 16.5 Å². The van der Waals surface area contributed by atoms with Crippen LogP contribution in [0.2, 0.25) is 0 Å². The van der Waals surface area contributed by atoms with Crippen LogP contribution in [0.3, 0.4) is 0 Å². The van der Waals surface area contributed by atoms with E-state index in [0.717, 1.165) is 24.4 Å². The Morgan fingerprint density at radius 1 is 1.35 bits per heavy atom. The van der Waals surface area contributed by atoms with Gasteiger partial charge in [-0.25, -0.2) is 4.98 Å². The Labute approximate surface area is 122 Å². The Bertz CT molecular complexity index is 566. The van der Waals surface area contributed by atoms with Crippen molar-refractivity contribution in [3.63, 3.8) is 0 Å². The van der Waals surface area contributed by atoms with Crippen LogP contribution in [0.4, 0.5) is 0 Å². The Balaban J connectivity index is 1.90. The van der Waals surface area contributed by atoms with Crippen molar-refractivity contribution in [2.45, 2.75) is 24.9 Å². The summed E-state index contributed by atoms with van der Waals surface area (Å²) in [6, 6.07) is 7.10. The number of rotatable bonds is 7. The first-order chi connectivity index (χ1) is 9.72. The van der Waals surface area contributed by atoms with Crippen molar-refractivity contribution in [1.82, 2.24) is 15.2 Å². The van der Waals surface area contributed by atoms with Gasteiger partial charge in [-0.1, -0.05) is 18.7 Å². The van der Waals surface area contributed by atoms with Crippen LogP contribution in [0.5, 0.6) is 5.75 Å². The maximum atomic E-state index is 12.0. The van der Waals surface area contributed by atoms with E-state index in [2.05, 4.69) is 22.1 Å². The molecule has 0 saturated carbocycles. The number of methoxy groups -OCH3 is 1. The number of aryl methyl sites for hydroxylation is 1. The monoisotopic (exact) mass is 291 g/mol. The summed E-state index contributed by atoms with van der Waals surface area (Å²) in [6.45, 7) is 2.09. The molecule has 1 aromatic heterocycles. The van der Waals surface area contributed by atoms with Gasteiger partial charge in [-0.15, -0.1) is 5.10 Å². The van der Waals surface area contributed by atoms with Gasteiger partial charge in [-0.3, -0.25) is 9.89 Å². The second-order valence-corrected chi connectivity index (χ2v) is 5.20. The zero-order valence-electron chi connectivity index (χ0n) is 11.5. The molecule has 0 fully saturated rings. The van der Waals surface area contributed by atoms with Crippen molar-refractivity contribution >= 4 is 17.5 Å². The highest BCUT2D eigenvalue weighted by atomic mass is 32.2. The quantitative estimate of drug-likeness (QED) is 0.627. The second kappa shape index (κ2) is 7.09. The standard InChI is InChI=1S/C14H17N3O2S/c1-3-4-13-15-14(17-16-13)20-9-12(18)10-5-7-11(19-2)8-6-10/h5-8H,3-4,9H2,1-2H3,(H,15,16,17). The molecule has 0 radical (unpaired) electrons. The van der Waals surface area contributed by atoms with Gasteiger partial charge in [0.15, 0.2) is 5.78 Å². The lowest BCUT2D eigenvalue weighted by Crippen LogP contribution is -2.02. The van der Waals surface area contributed by atoms with E-state index in [1.807, 2.05) is 0 Å². The summed E-state index contributed by atoms with van der Waals surface area (Å²) in [6.07, 6.45) is 1.89. The van der Waals surface area contributed by atoms with Gasteiger partial charge in [0.05, 0.1) is 12.9 Å². The SMILES string of the molecule is CCCc1nc(SCC(=O)c2ccc(OC)cc2)n[nH]1. The normalized spacial score (nSPS) is 10.5. The zero-order valence-corrected chi connectivity index (χ0v) is 12.4. The molecule has 2 aromatic rings. The highest BCUT2D eigenvalue weighted by molar-refractivity contribution is 7.99. The first-order valence-electron chi connectivity index (χ1n) is 6.44. The van der Waals surface area contributed by atoms with Crippen molar-refractivity contribution < 1.29 is 9.53 Å². The number of H-pyrrole nitrogens is 1. The summed E-state index contributed by atoms with van der Waals surface area (Å²) < 4.78 is 5.06. The van der Waals surface area contributed by atoms with Crippen LogP contribution in [0.25, 0.3) is 0 Å². The summed E-state index contributed by atoms with van der Waals surface area (Å²) in [5.74, 6) is 1.99. The minimum absolute atomic E-state index is 0.0551. The largest absolute Gasteiger partial charge is 0.497 e. The number of Topliss-reactive ketones (excluding diaryl/α,β-unsaturated/α-hetero) is 1. The van der Waals surface area contributed by atoms with Crippen LogP contribution in [0.15, 0.2) is 29.4 Å². The Hall–Kier alpha value is -1.82. The minimum Gasteiger partial charge on any atom is -0.497 e. The van der Waals surface area contributed by atoms with Gasteiger partial charge >= 0.3 is 0 Å². The number of ether oxygens (including phenoxy) is 1. The van der Waals surface area contributed by atoms with E-state index in [4.69, 9.17) is 4.74 Å². The third-order valence-electron chi connectivity index (χ3n) is 2.74. The highest BCUT2D eigenvalue weighted by Crippen LogP contribution is 2.17. The molecule has 2 rings (SSSR count). The van der Waals surface area contributed by atoms with Crippen LogP contribution in [0.1, 0.15) is 29.5 Å². The molecule has 0 bridgehead atoms. The summed E-state index contributed by atoms with van der Waals surface area (Å²) in [7, 11) is 1.60. The Morgan fingerprint density at radius 3 is 2.75 bits per heavy atom. The van der Waals surface area contributed by atoms with E-state index >= 15 is 0 Å². The highest BCUT2D eigenvalue weighted by Gasteiger charge is 2.09. The van der Waals surface area contributed by atoms with Crippen LogP contribution < -0.4 is 4.74 Å². The van der Waals surface area contributed by atoms with Crippen LogP contribution in [-0.2, 0) is 6.42 Å². The number of benzene rings is 1. The smallest absolute Gasteiger partial charge is 0.208 e. The molecular weight excluding hydrogens is 274 g/mol. The maximum Gasteiger partial charge on any atom is 0.208 e. The average Bonchev–Trinajstić information content (AvgIpc) is 2.93. The van der Waals surface area contributed by atoms with Crippen molar-refractivity contribution in [3.8, 4) is 5.75 Å². The molecule has 5 nitrogen and oxygen atoms in total. The fraction of sp³-hybridized carbons (Fsp3) is 0.357. The van der Waals surface area contributed by atoms with Gasteiger partial charge in [0, 0.05) is 12.0 Å². The van der Waals surface area contributed by atoms with Gasteiger partial charge in [0.25, 0.3) is 0 Å². The molecule has 0 atom stereocenters. The van der Waals surface area contributed by atoms with Crippen LogP contribution in [-0.4, -0.2) is 33.8 Å². The number of aromatic nitrogens is 3. The maximum absolute atomic E-state index is 12.0. The van der Waals surface area contributed by atoms with E-state index in [1.165, 1.54) is 11.8 Å². The van der Waals surface area contributed by atoms with Gasteiger partial charge in [0.2, 0.25) is 5.16 Å². The van der Waals surface area contributed by atoms with Crippen molar-refractivity contribution in [2.75, 3.05) is 12.9 Å². The van der Waals surface area contributed by atoms with E-state index in [-0.39, 0.29) is 5.78 Å². The molecule has 0 amide bonds. The molecule has 0 spiro atoms.